The Morgan fingerprint density at radius 1 is 0.531 bits per heavy atom. The average Bonchev–Trinajstić information content (AvgIpc) is 3.54. The molecule has 0 atom stereocenters. The van der Waals surface area contributed by atoms with Crippen molar-refractivity contribution in [1.29, 1.82) is 0 Å². The fourth-order valence-corrected chi connectivity index (χ4v) is 3.33. The number of ether oxygens (including phenoxy) is 2. The van der Waals surface area contributed by atoms with Crippen LogP contribution in [-0.2, 0) is 0 Å². The highest BCUT2D eigenvalue weighted by Crippen LogP contribution is 2.33. The second-order valence-electron chi connectivity index (χ2n) is 6.81. The molecular weight excluding hydrogens is 408 g/mol. The second-order valence-corrected chi connectivity index (χ2v) is 6.81. The van der Waals surface area contributed by atoms with Crippen LogP contribution >= 0.6 is 0 Å². The van der Waals surface area contributed by atoms with E-state index in [2.05, 4.69) is 20.4 Å². The van der Waals surface area contributed by atoms with Crippen molar-refractivity contribution in [1.82, 2.24) is 20.4 Å². The number of hydrogen-bond acceptors (Lipinski definition) is 8. The Morgan fingerprint density at radius 3 is 1.44 bits per heavy atom. The Morgan fingerprint density at radius 2 is 0.969 bits per heavy atom. The van der Waals surface area contributed by atoms with Crippen LogP contribution in [0.1, 0.15) is 0 Å². The van der Waals surface area contributed by atoms with Gasteiger partial charge in [-0.3, -0.25) is 0 Å². The number of para-hydroxylation sites is 2. The smallest absolute Gasteiger partial charge is 0.251 e. The molecule has 0 saturated carbocycles. The van der Waals surface area contributed by atoms with Crippen molar-refractivity contribution < 1.29 is 18.3 Å². The van der Waals surface area contributed by atoms with Gasteiger partial charge in [-0.05, 0) is 42.5 Å². The number of hydrogen-bond donors (Lipinski definition) is 0. The maximum atomic E-state index is 5.91. The van der Waals surface area contributed by atoms with E-state index in [1.807, 2.05) is 72.8 Å². The highest BCUT2D eigenvalue weighted by molar-refractivity contribution is 5.68. The van der Waals surface area contributed by atoms with E-state index in [-0.39, 0.29) is 0 Å². The Balaban J connectivity index is 1.47. The van der Waals surface area contributed by atoms with Crippen molar-refractivity contribution >= 4 is 0 Å². The number of rotatable bonds is 6. The van der Waals surface area contributed by atoms with Gasteiger partial charge in [0.15, 0.2) is 0 Å². The summed E-state index contributed by atoms with van der Waals surface area (Å²) >= 11 is 0. The van der Waals surface area contributed by atoms with Crippen molar-refractivity contribution in [3.05, 3.63) is 72.8 Å². The molecule has 158 valence electrons. The van der Waals surface area contributed by atoms with Crippen LogP contribution < -0.4 is 9.47 Å². The van der Waals surface area contributed by atoms with E-state index in [1.165, 1.54) is 0 Å². The Kier molecular flexibility index (Phi) is 5.09. The van der Waals surface area contributed by atoms with Crippen LogP contribution in [0.4, 0.5) is 0 Å². The summed E-state index contributed by atoms with van der Waals surface area (Å²) in [6.07, 6.45) is 0. The number of benzene rings is 3. The lowest BCUT2D eigenvalue weighted by Crippen LogP contribution is -1.87. The summed E-state index contributed by atoms with van der Waals surface area (Å²) in [6.45, 7) is 0. The Bertz CT molecular complexity index is 1270. The minimum Gasteiger partial charge on any atom is -0.496 e. The molecule has 0 unspecified atom stereocenters. The zero-order valence-electron chi connectivity index (χ0n) is 17.4. The standard InChI is InChI=1S/C24H18N4O4/c1-29-19-12-5-3-10-17(19)23-27-25-21(31-23)15-8-7-9-16(14-15)22-26-28-24(32-22)18-11-4-6-13-20(18)30-2/h3-14H,1-2H3. The highest BCUT2D eigenvalue weighted by atomic mass is 16.5. The molecule has 0 aliphatic heterocycles. The molecule has 0 fully saturated rings. The monoisotopic (exact) mass is 426 g/mol. The molecule has 32 heavy (non-hydrogen) atoms. The first-order valence-corrected chi connectivity index (χ1v) is 9.81. The largest absolute Gasteiger partial charge is 0.496 e. The molecule has 0 N–H and O–H groups in total. The lowest BCUT2D eigenvalue weighted by atomic mass is 10.1. The Hall–Kier alpha value is -4.46. The molecule has 8 nitrogen and oxygen atoms in total. The van der Waals surface area contributed by atoms with E-state index in [0.717, 1.165) is 22.3 Å². The summed E-state index contributed by atoms with van der Waals surface area (Å²) in [5.41, 5.74) is 2.91. The maximum absolute atomic E-state index is 5.91. The van der Waals surface area contributed by atoms with Crippen LogP contribution in [0.25, 0.3) is 45.8 Å². The minimum absolute atomic E-state index is 0.372. The fourth-order valence-electron chi connectivity index (χ4n) is 3.33. The molecule has 2 aromatic heterocycles. The summed E-state index contributed by atoms with van der Waals surface area (Å²) in [6, 6.07) is 22.4. The lowest BCUT2D eigenvalue weighted by molar-refractivity contribution is 0.414. The van der Waals surface area contributed by atoms with Gasteiger partial charge in [-0.25, -0.2) is 0 Å². The molecule has 5 rings (SSSR count). The average molecular weight is 426 g/mol. The molecule has 0 spiro atoms. The van der Waals surface area contributed by atoms with Crippen molar-refractivity contribution in [2.75, 3.05) is 14.2 Å². The number of nitrogens with zero attached hydrogens (tertiary/aromatic N) is 4. The highest BCUT2D eigenvalue weighted by Gasteiger charge is 2.17. The van der Waals surface area contributed by atoms with Crippen LogP contribution in [0.5, 0.6) is 11.5 Å². The van der Waals surface area contributed by atoms with Crippen molar-refractivity contribution in [2.45, 2.75) is 0 Å². The summed E-state index contributed by atoms with van der Waals surface area (Å²) < 4.78 is 22.6. The summed E-state index contributed by atoms with van der Waals surface area (Å²) in [4.78, 5) is 0. The van der Waals surface area contributed by atoms with Gasteiger partial charge in [0.1, 0.15) is 11.5 Å². The van der Waals surface area contributed by atoms with E-state index in [0.29, 0.717) is 35.1 Å². The Labute approximate surface area is 183 Å². The van der Waals surface area contributed by atoms with E-state index in [9.17, 15) is 0 Å². The third kappa shape index (κ3) is 3.58. The molecule has 0 bridgehead atoms. The molecule has 3 aromatic carbocycles. The number of aromatic nitrogens is 4. The summed E-state index contributed by atoms with van der Waals surface area (Å²) in [5.74, 6) is 2.81. The van der Waals surface area contributed by atoms with Crippen molar-refractivity contribution in [3.63, 3.8) is 0 Å². The molecule has 8 heteroatoms. The van der Waals surface area contributed by atoms with Gasteiger partial charge in [0, 0.05) is 11.1 Å². The normalized spacial score (nSPS) is 10.8. The predicted molar refractivity (Wildman–Crippen MR) is 117 cm³/mol. The first-order valence-electron chi connectivity index (χ1n) is 9.81. The zero-order valence-corrected chi connectivity index (χ0v) is 17.4. The second kappa shape index (κ2) is 8.35. The molecule has 0 radical (unpaired) electrons. The minimum atomic E-state index is 0.372. The van der Waals surface area contributed by atoms with Gasteiger partial charge in [0.25, 0.3) is 11.8 Å². The molecule has 5 aromatic rings. The van der Waals surface area contributed by atoms with Crippen LogP contribution in [0, 0.1) is 0 Å². The molecular formula is C24H18N4O4. The van der Waals surface area contributed by atoms with Gasteiger partial charge in [-0.1, -0.05) is 30.3 Å². The molecule has 2 heterocycles. The van der Waals surface area contributed by atoms with Gasteiger partial charge in [0.05, 0.1) is 25.3 Å². The van der Waals surface area contributed by atoms with Gasteiger partial charge >= 0.3 is 0 Å². The number of methoxy groups -OCH3 is 2. The molecule has 0 amide bonds. The first-order chi connectivity index (χ1) is 15.8. The van der Waals surface area contributed by atoms with Crippen LogP contribution in [0.3, 0.4) is 0 Å². The summed E-state index contributed by atoms with van der Waals surface area (Å²) in [7, 11) is 3.20. The topological polar surface area (TPSA) is 96.3 Å². The van der Waals surface area contributed by atoms with Crippen LogP contribution in [-0.4, -0.2) is 34.6 Å². The molecule has 0 saturated heterocycles. The van der Waals surface area contributed by atoms with E-state index < -0.39 is 0 Å². The quantitative estimate of drug-likeness (QED) is 0.368. The predicted octanol–water partition coefficient (Wildman–Crippen LogP) is 5.14. The third-order valence-corrected chi connectivity index (χ3v) is 4.88. The SMILES string of the molecule is COc1ccccc1-c1nnc(-c2cccc(-c3nnc(-c4ccccc4OC)o3)c2)o1. The third-order valence-electron chi connectivity index (χ3n) is 4.88. The lowest BCUT2D eigenvalue weighted by Gasteiger charge is -2.03. The van der Waals surface area contributed by atoms with Gasteiger partial charge < -0.3 is 18.3 Å². The summed E-state index contributed by atoms with van der Waals surface area (Å²) in [5, 5.41) is 16.7. The first kappa shape index (κ1) is 19.5. The fraction of sp³-hybridized carbons (Fsp3) is 0.0833. The van der Waals surface area contributed by atoms with Gasteiger partial charge in [-0.2, -0.15) is 0 Å². The van der Waals surface area contributed by atoms with Crippen LogP contribution in [0.2, 0.25) is 0 Å². The van der Waals surface area contributed by atoms with Gasteiger partial charge in [0.2, 0.25) is 11.8 Å². The van der Waals surface area contributed by atoms with E-state index in [4.69, 9.17) is 18.3 Å². The van der Waals surface area contributed by atoms with Crippen molar-refractivity contribution in [2.24, 2.45) is 0 Å². The zero-order chi connectivity index (χ0) is 21.9. The van der Waals surface area contributed by atoms with E-state index in [1.54, 1.807) is 14.2 Å². The molecule has 0 aliphatic carbocycles. The van der Waals surface area contributed by atoms with Crippen molar-refractivity contribution in [3.8, 4) is 57.3 Å². The van der Waals surface area contributed by atoms with Gasteiger partial charge in [-0.15, -0.1) is 20.4 Å². The molecule has 0 aliphatic rings. The van der Waals surface area contributed by atoms with E-state index >= 15 is 0 Å². The van der Waals surface area contributed by atoms with Crippen LogP contribution in [0.15, 0.2) is 81.6 Å². The maximum Gasteiger partial charge on any atom is 0.251 e.